The van der Waals surface area contributed by atoms with Gasteiger partial charge in [0.2, 0.25) is 5.91 Å². The van der Waals surface area contributed by atoms with Crippen molar-refractivity contribution in [3.63, 3.8) is 0 Å². The summed E-state index contributed by atoms with van der Waals surface area (Å²) >= 11 is 0. The van der Waals surface area contributed by atoms with E-state index in [9.17, 15) is 9.59 Å². The van der Waals surface area contributed by atoms with E-state index in [0.717, 1.165) is 37.3 Å². The number of rotatable bonds is 6. The lowest BCUT2D eigenvalue weighted by atomic mass is 9.96. The zero-order valence-corrected chi connectivity index (χ0v) is 19.3. The molecule has 1 saturated heterocycles. The first-order chi connectivity index (χ1) is 16.1. The van der Waals surface area contributed by atoms with Crippen LogP contribution < -0.4 is 5.56 Å². The fraction of sp³-hybridized carbons (Fsp3) is 0.560. The standard InChI is InChI=1S/C25H32N6O2/c1-17-8-10-19(11-9-17)15-31-24-22(28-29-31)25(33)27-23(26-24)20-7-4-14-30(16-20)21(32)13-12-18-5-2-3-6-18/h8-11,18,20H,2-7,12-16H2,1H3,(H,26,27,33). The van der Waals surface area contributed by atoms with Gasteiger partial charge in [0.25, 0.3) is 5.56 Å². The highest BCUT2D eigenvalue weighted by atomic mass is 16.2. The monoisotopic (exact) mass is 448 g/mol. The molecule has 0 bridgehead atoms. The maximum atomic E-state index is 12.9. The van der Waals surface area contributed by atoms with Gasteiger partial charge in [-0.2, -0.15) is 0 Å². The van der Waals surface area contributed by atoms with Gasteiger partial charge in [-0.3, -0.25) is 9.59 Å². The molecule has 1 aliphatic carbocycles. The number of H-pyrrole nitrogens is 1. The molecule has 5 rings (SSSR count). The molecule has 0 spiro atoms. The number of aryl methyl sites for hydroxylation is 1. The van der Waals surface area contributed by atoms with E-state index in [0.29, 0.717) is 31.0 Å². The Hall–Kier alpha value is -3.03. The summed E-state index contributed by atoms with van der Waals surface area (Å²) in [5.41, 5.74) is 2.76. The normalized spacial score (nSPS) is 19.4. The molecule has 8 heteroatoms. The number of piperidine rings is 1. The molecule has 1 atom stereocenters. The maximum absolute atomic E-state index is 12.9. The van der Waals surface area contributed by atoms with Crippen LogP contribution in [0.25, 0.3) is 11.2 Å². The van der Waals surface area contributed by atoms with Crippen LogP contribution >= 0.6 is 0 Å². The van der Waals surface area contributed by atoms with Gasteiger partial charge in [-0.1, -0.05) is 60.7 Å². The summed E-state index contributed by atoms with van der Waals surface area (Å²) in [5.74, 6) is 1.61. The Morgan fingerprint density at radius 1 is 1.12 bits per heavy atom. The molecule has 3 heterocycles. The number of aromatic amines is 1. The van der Waals surface area contributed by atoms with Gasteiger partial charge in [0.1, 0.15) is 5.82 Å². The van der Waals surface area contributed by atoms with Crippen molar-refractivity contribution in [1.29, 1.82) is 0 Å². The van der Waals surface area contributed by atoms with Gasteiger partial charge in [-0.05, 0) is 37.7 Å². The molecule has 1 aromatic carbocycles. The number of hydrogen-bond donors (Lipinski definition) is 1. The van der Waals surface area contributed by atoms with Crippen molar-refractivity contribution < 1.29 is 4.79 Å². The molecule has 2 aromatic heterocycles. The Bertz CT molecular complexity index is 1180. The minimum absolute atomic E-state index is 0.0222. The predicted molar refractivity (Wildman–Crippen MR) is 126 cm³/mol. The van der Waals surface area contributed by atoms with Crippen LogP contribution in [0.5, 0.6) is 0 Å². The summed E-state index contributed by atoms with van der Waals surface area (Å²) in [7, 11) is 0. The molecular weight excluding hydrogens is 416 g/mol. The number of carbonyl (C=O) groups excluding carboxylic acids is 1. The van der Waals surface area contributed by atoms with Gasteiger partial charge in [0.15, 0.2) is 11.2 Å². The average Bonchev–Trinajstić information content (AvgIpc) is 3.50. The lowest BCUT2D eigenvalue weighted by molar-refractivity contribution is -0.132. The van der Waals surface area contributed by atoms with E-state index in [1.165, 1.54) is 31.2 Å². The van der Waals surface area contributed by atoms with Gasteiger partial charge in [0, 0.05) is 25.4 Å². The number of hydrogen-bond acceptors (Lipinski definition) is 5. The van der Waals surface area contributed by atoms with Crippen molar-refractivity contribution in [2.45, 2.75) is 70.8 Å². The van der Waals surface area contributed by atoms with E-state index < -0.39 is 0 Å². The van der Waals surface area contributed by atoms with E-state index in [-0.39, 0.29) is 22.9 Å². The fourth-order valence-electron chi connectivity index (χ4n) is 5.26. The Kier molecular flexibility index (Phi) is 6.24. The van der Waals surface area contributed by atoms with Crippen molar-refractivity contribution in [2.75, 3.05) is 13.1 Å². The minimum Gasteiger partial charge on any atom is -0.342 e. The van der Waals surface area contributed by atoms with Gasteiger partial charge in [-0.15, -0.1) is 5.10 Å². The number of benzene rings is 1. The molecule has 174 valence electrons. The summed E-state index contributed by atoms with van der Waals surface area (Å²) < 4.78 is 1.69. The molecule has 3 aromatic rings. The second-order valence-corrected chi connectivity index (χ2v) is 9.72. The van der Waals surface area contributed by atoms with Crippen LogP contribution in [0.2, 0.25) is 0 Å². The second kappa shape index (κ2) is 9.45. The van der Waals surface area contributed by atoms with Crippen molar-refractivity contribution in [1.82, 2.24) is 29.9 Å². The molecule has 8 nitrogen and oxygen atoms in total. The zero-order valence-electron chi connectivity index (χ0n) is 19.3. The van der Waals surface area contributed by atoms with Crippen molar-refractivity contribution >= 4 is 17.1 Å². The highest BCUT2D eigenvalue weighted by molar-refractivity contribution is 5.76. The van der Waals surface area contributed by atoms with Gasteiger partial charge in [0.05, 0.1) is 6.54 Å². The lowest BCUT2D eigenvalue weighted by Crippen LogP contribution is -2.40. The number of nitrogens with one attached hydrogen (secondary N) is 1. The molecule has 1 amide bonds. The first-order valence-corrected chi connectivity index (χ1v) is 12.2. The van der Waals surface area contributed by atoms with Crippen molar-refractivity contribution in [3.05, 3.63) is 51.6 Å². The summed E-state index contributed by atoms with van der Waals surface area (Å²) in [6.07, 6.45) is 8.61. The van der Waals surface area contributed by atoms with Crippen LogP contribution in [0.1, 0.15) is 74.2 Å². The summed E-state index contributed by atoms with van der Waals surface area (Å²) in [4.78, 5) is 35.3. The van der Waals surface area contributed by atoms with Crippen LogP contribution in [0.4, 0.5) is 0 Å². The number of aromatic nitrogens is 5. The summed E-state index contributed by atoms with van der Waals surface area (Å²) in [6, 6.07) is 8.21. The molecule has 1 unspecified atom stereocenters. The van der Waals surface area contributed by atoms with E-state index in [1.807, 2.05) is 17.0 Å². The average molecular weight is 449 g/mol. The third-order valence-corrected chi connectivity index (χ3v) is 7.25. The maximum Gasteiger partial charge on any atom is 0.281 e. The van der Waals surface area contributed by atoms with Crippen LogP contribution in [0.3, 0.4) is 0 Å². The topological polar surface area (TPSA) is 96.8 Å². The second-order valence-electron chi connectivity index (χ2n) is 9.72. The molecule has 33 heavy (non-hydrogen) atoms. The molecule has 2 fully saturated rings. The number of carbonyl (C=O) groups is 1. The van der Waals surface area contributed by atoms with Gasteiger partial charge >= 0.3 is 0 Å². The number of nitrogens with zero attached hydrogens (tertiary/aromatic N) is 5. The fourth-order valence-corrected chi connectivity index (χ4v) is 5.26. The predicted octanol–water partition coefficient (Wildman–Crippen LogP) is 3.55. The molecular formula is C25H32N6O2. The Morgan fingerprint density at radius 2 is 1.91 bits per heavy atom. The molecule has 1 aliphatic heterocycles. The Morgan fingerprint density at radius 3 is 2.70 bits per heavy atom. The SMILES string of the molecule is Cc1ccc(Cn2nnc3c(=O)[nH]c(C4CCCN(C(=O)CCC5CCCC5)C4)nc32)cc1. The smallest absolute Gasteiger partial charge is 0.281 e. The third kappa shape index (κ3) is 4.84. The highest BCUT2D eigenvalue weighted by Gasteiger charge is 2.28. The molecule has 0 radical (unpaired) electrons. The Balaban J connectivity index is 1.32. The lowest BCUT2D eigenvalue weighted by Gasteiger charge is -2.32. The van der Waals surface area contributed by atoms with Gasteiger partial charge < -0.3 is 9.88 Å². The van der Waals surface area contributed by atoms with Gasteiger partial charge in [-0.25, -0.2) is 9.67 Å². The van der Waals surface area contributed by atoms with Crippen molar-refractivity contribution in [3.8, 4) is 0 Å². The molecule has 2 aliphatic rings. The van der Waals surface area contributed by atoms with Crippen molar-refractivity contribution in [2.24, 2.45) is 5.92 Å². The third-order valence-electron chi connectivity index (χ3n) is 7.25. The van der Waals surface area contributed by atoms with E-state index >= 15 is 0 Å². The minimum atomic E-state index is -0.269. The van der Waals surface area contributed by atoms with Crippen LogP contribution in [-0.4, -0.2) is 48.9 Å². The molecule has 1 saturated carbocycles. The molecule has 1 N–H and O–H groups in total. The Labute approximate surface area is 193 Å². The quantitative estimate of drug-likeness (QED) is 0.622. The first-order valence-electron chi connectivity index (χ1n) is 12.2. The zero-order chi connectivity index (χ0) is 22.8. The van der Waals surface area contributed by atoms with E-state index in [4.69, 9.17) is 4.98 Å². The van der Waals surface area contributed by atoms with E-state index in [2.05, 4.69) is 34.4 Å². The highest BCUT2D eigenvalue weighted by Crippen LogP contribution is 2.30. The van der Waals surface area contributed by atoms with Crippen LogP contribution in [-0.2, 0) is 11.3 Å². The number of fused-ring (bicyclic) bond motifs is 1. The number of likely N-dealkylation sites (tertiary alicyclic amines) is 1. The van der Waals surface area contributed by atoms with E-state index in [1.54, 1.807) is 4.68 Å². The largest absolute Gasteiger partial charge is 0.342 e. The first kappa shape index (κ1) is 21.8. The van der Waals surface area contributed by atoms with Crippen LogP contribution in [0, 0.1) is 12.8 Å². The summed E-state index contributed by atoms with van der Waals surface area (Å²) in [6.45, 7) is 3.95. The number of amides is 1. The van der Waals surface area contributed by atoms with Crippen LogP contribution in [0.15, 0.2) is 29.1 Å². The summed E-state index contributed by atoms with van der Waals surface area (Å²) in [5, 5.41) is 8.25.